The van der Waals surface area contributed by atoms with E-state index in [0.29, 0.717) is 12.6 Å². The molecule has 3 heteroatoms. The zero-order valence-electron chi connectivity index (χ0n) is 10.8. The first kappa shape index (κ1) is 12.2. The quantitative estimate of drug-likeness (QED) is 0.858. The van der Waals surface area contributed by atoms with Gasteiger partial charge < -0.3 is 15.6 Å². The molecule has 0 spiro atoms. The molecule has 2 aliphatic heterocycles. The van der Waals surface area contributed by atoms with Gasteiger partial charge in [0.25, 0.3) is 0 Å². The van der Waals surface area contributed by atoms with Gasteiger partial charge in [-0.2, -0.15) is 0 Å². The summed E-state index contributed by atoms with van der Waals surface area (Å²) < 4.78 is 5.92. The van der Waals surface area contributed by atoms with E-state index in [2.05, 4.69) is 0 Å². The monoisotopic (exact) mass is 247 g/mol. The normalized spacial score (nSPS) is 35.9. The molecule has 4 atom stereocenters. The summed E-state index contributed by atoms with van der Waals surface area (Å²) in [4.78, 5) is 0. The van der Waals surface area contributed by atoms with Crippen LogP contribution in [0.1, 0.15) is 36.5 Å². The number of aliphatic hydroxyl groups is 1. The van der Waals surface area contributed by atoms with Crippen molar-refractivity contribution in [1.29, 1.82) is 0 Å². The number of benzene rings is 1. The van der Waals surface area contributed by atoms with Crippen molar-refractivity contribution in [3.8, 4) is 0 Å². The lowest BCUT2D eigenvalue weighted by atomic mass is 9.68. The molecule has 0 aromatic heterocycles. The summed E-state index contributed by atoms with van der Waals surface area (Å²) in [5.74, 6) is 0. The minimum atomic E-state index is -0.515. The molecule has 0 amide bonds. The van der Waals surface area contributed by atoms with Gasteiger partial charge in [0.05, 0.1) is 18.3 Å². The Hall–Kier alpha value is -0.900. The van der Waals surface area contributed by atoms with E-state index in [4.69, 9.17) is 10.5 Å². The first-order valence-electron chi connectivity index (χ1n) is 6.76. The molecule has 2 saturated heterocycles. The van der Waals surface area contributed by atoms with Gasteiger partial charge in [0.1, 0.15) is 0 Å². The van der Waals surface area contributed by atoms with Crippen LogP contribution in [-0.2, 0) is 4.74 Å². The first-order valence-corrected chi connectivity index (χ1v) is 6.76. The van der Waals surface area contributed by atoms with Crippen molar-refractivity contribution in [2.45, 2.75) is 44.5 Å². The maximum absolute atomic E-state index is 10.8. The minimum Gasteiger partial charge on any atom is -0.388 e. The van der Waals surface area contributed by atoms with Gasteiger partial charge in [0, 0.05) is 12.0 Å². The van der Waals surface area contributed by atoms with Gasteiger partial charge in [-0.25, -0.2) is 0 Å². The number of fused-ring (bicyclic) bond motifs is 2. The van der Waals surface area contributed by atoms with Gasteiger partial charge in [-0.1, -0.05) is 24.3 Å². The third-order valence-corrected chi connectivity index (χ3v) is 4.76. The summed E-state index contributed by atoms with van der Waals surface area (Å²) >= 11 is 0. The average Bonchev–Trinajstić information content (AvgIpc) is 2.99. The summed E-state index contributed by atoms with van der Waals surface area (Å²) in [6.07, 6.45) is 2.96. The fourth-order valence-corrected chi connectivity index (χ4v) is 3.65. The molecule has 18 heavy (non-hydrogen) atoms. The number of aryl methyl sites for hydroxylation is 1. The number of aliphatic hydroxyl groups excluding tert-OH is 1. The van der Waals surface area contributed by atoms with Crippen LogP contribution in [0, 0.1) is 12.3 Å². The van der Waals surface area contributed by atoms with Crippen LogP contribution in [-0.4, -0.2) is 23.9 Å². The van der Waals surface area contributed by atoms with Crippen LogP contribution in [0.3, 0.4) is 0 Å². The minimum absolute atomic E-state index is 0.127. The molecule has 3 N–H and O–H groups in total. The van der Waals surface area contributed by atoms with Crippen molar-refractivity contribution in [2.75, 3.05) is 6.54 Å². The van der Waals surface area contributed by atoms with Gasteiger partial charge in [0.15, 0.2) is 0 Å². The van der Waals surface area contributed by atoms with Gasteiger partial charge in [-0.3, -0.25) is 0 Å². The molecule has 0 aliphatic carbocycles. The highest BCUT2D eigenvalue weighted by Crippen LogP contribution is 2.53. The van der Waals surface area contributed by atoms with E-state index >= 15 is 0 Å². The van der Waals surface area contributed by atoms with Crippen molar-refractivity contribution in [3.63, 3.8) is 0 Å². The third-order valence-electron chi connectivity index (χ3n) is 4.76. The fourth-order valence-electron chi connectivity index (χ4n) is 3.65. The summed E-state index contributed by atoms with van der Waals surface area (Å²) in [7, 11) is 0. The number of rotatable bonds is 3. The molecular formula is C15H21NO2. The lowest BCUT2D eigenvalue weighted by Gasteiger charge is -2.39. The predicted octanol–water partition coefficient (Wildman–Crippen LogP) is 1.92. The smallest absolute Gasteiger partial charge is 0.0886 e. The van der Waals surface area contributed by atoms with Gasteiger partial charge in [0.2, 0.25) is 0 Å². The van der Waals surface area contributed by atoms with E-state index in [1.807, 2.05) is 31.2 Å². The summed E-state index contributed by atoms with van der Waals surface area (Å²) in [6.45, 7) is 2.53. The third kappa shape index (κ3) is 1.62. The Labute approximate surface area is 108 Å². The Kier molecular flexibility index (Phi) is 2.93. The Morgan fingerprint density at radius 1 is 1.44 bits per heavy atom. The Balaban J connectivity index is 1.96. The molecule has 3 nitrogen and oxygen atoms in total. The zero-order chi connectivity index (χ0) is 12.8. The number of hydrogen-bond acceptors (Lipinski definition) is 3. The lowest BCUT2D eigenvalue weighted by Crippen LogP contribution is -2.44. The Morgan fingerprint density at radius 2 is 2.22 bits per heavy atom. The molecule has 1 aromatic rings. The molecular weight excluding hydrogens is 226 g/mol. The van der Waals surface area contributed by atoms with Crippen molar-refractivity contribution >= 4 is 0 Å². The second-order valence-electron chi connectivity index (χ2n) is 5.72. The number of ether oxygens (including phenoxy) is 1. The topological polar surface area (TPSA) is 55.5 Å². The van der Waals surface area contributed by atoms with Crippen molar-refractivity contribution in [2.24, 2.45) is 11.1 Å². The standard InChI is InChI=1S/C15H21NO2/c1-10-4-2-3-5-12(10)14(17)15(9-16)8-11-6-7-13(15)18-11/h2-5,11,13-14,17H,6-9,16H2,1H3. The second-order valence-corrected chi connectivity index (χ2v) is 5.72. The largest absolute Gasteiger partial charge is 0.388 e. The number of hydrogen-bond donors (Lipinski definition) is 2. The number of nitrogens with two attached hydrogens (primary N) is 1. The van der Waals surface area contributed by atoms with E-state index in [0.717, 1.165) is 30.4 Å². The molecule has 4 unspecified atom stereocenters. The van der Waals surface area contributed by atoms with Gasteiger partial charge in [-0.15, -0.1) is 0 Å². The average molecular weight is 247 g/mol. The molecule has 2 fully saturated rings. The predicted molar refractivity (Wildman–Crippen MR) is 70.1 cm³/mol. The van der Waals surface area contributed by atoms with Crippen LogP contribution in [0.25, 0.3) is 0 Å². The lowest BCUT2D eigenvalue weighted by molar-refractivity contribution is -0.0266. The summed E-state index contributed by atoms with van der Waals surface area (Å²) in [5, 5.41) is 10.8. The summed E-state index contributed by atoms with van der Waals surface area (Å²) in [6, 6.07) is 8.02. The van der Waals surface area contributed by atoms with Crippen LogP contribution in [0.5, 0.6) is 0 Å². The first-order chi connectivity index (χ1) is 8.67. The molecule has 0 saturated carbocycles. The maximum atomic E-state index is 10.8. The highest BCUT2D eigenvalue weighted by Gasteiger charge is 2.55. The van der Waals surface area contributed by atoms with E-state index in [1.54, 1.807) is 0 Å². The highest BCUT2D eigenvalue weighted by molar-refractivity contribution is 5.30. The zero-order valence-corrected chi connectivity index (χ0v) is 10.8. The van der Waals surface area contributed by atoms with Crippen LogP contribution in [0.4, 0.5) is 0 Å². The molecule has 98 valence electrons. The second kappa shape index (κ2) is 4.34. The van der Waals surface area contributed by atoms with Gasteiger partial charge in [-0.05, 0) is 37.3 Å². The highest BCUT2D eigenvalue weighted by atomic mass is 16.5. The Morgan fingerprint density at radius 3 is 2.78 bits per heavy atom. The molecule has 2 aliphatic rings. The molecule has 0 radical (unpaired) electrons. The van der Waals surface area contributed by atoms with E-state index < -0.39 is 6.10 Å². The van der Waals surface area contributed by atoms with Crippen LogP contribution >= 0.6 is 0 Å². The van der Waals surface area contributed by atoms with E-state index in [-0.39, 0.29) is 11.5 Å². The van der Waals surface area contributed by atoms with Crippen LogP contribution in [0.2, 0.25) is 0 Å². The van der Waals surface area contributed by atoms with E-state index in [9.17, 15) is 5.11 Å². The fraction of sp³-hybridized carbons (Fsp3) is 0.600. The molecule has 1 aromatic carbocycles. The van der Waals surface area contributed by atoms with Crippen molar-refractivity contribution in [3.05, 3.63) is 35.4 Å². The van der Waals surface area contributed by atoms with E-state index in [1.165, 1.54) is 0 Å². The van der Waals surface area contributed by atoms with Crippen LogP contribution < -0.4 is 5.73 Å². The van der Waals surface area contributed by atoms with Crippen molar-refractivity contribution in [1.82, 2.24) is 0 Å². The summed E-state index contributed by atoms with van der Waals surface area (Å²) in [5.41, 5.74) is 7.85. The van der Waals surface area contributed by atoms with Crippen LogP contribution in [0.15, 0.2) is 24.3 Å². The molecule has 2 heterocycles. The SMILES string of the molecule is Cc1ccccc1C(O)C1(CN)CC2CCC1O2. The van der Waals surface area contributed by atoms with Gasteiger partial charge >= 0.3 is 0 Å². The Bertz CT molecular complexity index is 448. The maximum Gasteiger partial charge on any atom is 0.0886 e. The molecule has 3 rings (SSSR count). The van der Waals surface area contributed by atoms with Crippen molar-refractivity contribution < 1.29 is 9.84 Å². The molecule has 2 bridgehead atoms.